The number of hydrogen-bond acceptors (Lipinski definition) is 6. The number of nitrogens with one attached hydrogen (secondary N) is 1. The highest BCUT2D eigenvalue weighted by molar-refractivity contribution is 6.03. The summed E-state index contributed by atoms with van der Waals surface area (Å²) in [5.41, 5.74) is 3.75. The van der Waals surface area contributed by atoms with Gasteiger partial charge in [-0.05, 0) is 63.4 Å². The number of carbonyl (C=O) groups is 2. The number of para-hydroxylation sites is 3. The van der Waals surface area contributed by atoms with Gasteiger partial charge in [0.05, 0.1) is 25.4 Å². The summed E-state index contributed by atoms with van der Waals surface area (Å²) in [6.45, 7) is 9.66. The summed E-state index contributed by atoms with van der Waals surface area (Å²) in [5, 5.41) is 11.6. The first-order valence-corrected chi connectivity index (χ1v) is 13.3. The Bertz CT molecular complexity index is 1510. The summed E-state index contributed by atoms with van der Waals surface area (Å²) in [6.07, 6.45) is 0.697. The first kappa shape index (κ1) is 28.6. The van der Waals surface area contributed by atoms with E-state index in [1.165, 1.54) is 7.11 Å². The van der Waals surface area contributed by atoms with Crippen LogP contribution in [0.25, 0.3) is 11.0 Å². The molecule has 1 heterocycles. The van der Waals surface area contributed by atoms with E-state index < -0.39 is 11.6 Å². The highest BCUT2D eigenvalue weighted by Crippen LogP contribution is 2.41. The third-order valence-electron chi connectivity index (χ3n) is 7.23. The molecule has 3 aromatic carbocycles. The third kappa shape index (κ3) is 5.64. The highest BCUT2D eigenvalue weighted by atomic mass is 16.5. The van der Waals surface area contributed by atoms with Gasteiger partial charge in [-0.15, -0.1) is 5.10 Å². The summed E-state index contributed by atoms with van der Waals surface area (Å²) in [7, 11) is 3.07. The lowest BCUT2D eigenvalue weighted by molar-refractivity contribution is -0.128. The molecule has 0 aliphatic heterocycles. The first-order chi connectivity index (χ1) is 19.1. The minimum Gasteiger partial charge on any atom is -0.493 e. The summed E-state index contributed by atoms with van der Waals surface area (Å²) in [4.78, 5) is 30.3. The number of fused-ring (bicyclic) bond motifs is 1. The predicted octanol–water partition coefficient (Wildman–Crippen LogP) is 5.14. The molecule has 4 aromatic rings. The number of ether oxygens (including phenoxy) is 2. The summed E-state index contributed by atoms with van der Waals surface area (Å²) < 4.78 is 12.9. The summed E-state index contributed by atoms with van der Waals surface area (Å²) in [5.74, 6) is 0.184. The molecule has 1 N–H and O–H groups in total. The van der Waals surface area contributed by atoms with E-state index in [0.29, 0.717) is 34.7 Å². The standard InChI is InChI=1S/C31H37N5O4/c1-8-31(4,5)32-30(38)28(22-15-12-18-25(39-6)29(22)40-7)36(27-20(2)13-11-14-21(27)3)26(37)19-35-24-17-10-9-16-23(24)33-34-35/h9-18,28H,8,19H2,1-7H3,(H,32,38)/t28-/m0/s1. The minimum atomic E-state index is -1.07. The fourth-order valence-electron chi connectivity index (χ4n) is 4.84. The maximum absolute atomic E-state index is 14.5. The summed E-state index contributed by atoms with van der Waals surface area (Å²) >= 11 is 0. The molecule has 0 spiro atoms. The first-order valence-electron chi connectivity index (χ1n) is 13.3. The molecular weight excluding hydrogens is 506 g/mol. The Morgan fingerprint density at radius 2 is 1.65 bits per heavy atom. The second kappa shape index (κ2) is 11.8. The molecule has 4 rings (SSSR count). The van der Waals surface area contributed by atoms with Crippen molar-refractivity contribution in [1.82, 2.24) is 20.3 Å². The van der Waals surface area contributed by atoms with Gasteiger partial charge in [-0.3, -0.25) is 14.5 Å². The van der Waals surface area contributed by atoms with Crippen LogP contribution in [0.1, 0.15) is 49.9 Å². The van der Waals surface area contributed by atoms with E-state index in [0.717, 1.165) is 16.6 Å². The average molecular weight is 544 g/mol. The molecule has 9 heteroatoms. The van der Waals surface area contributed by atoms with E-state index >= 15 is 0 Å². The van der Waals surface area contributed by atoms with Crippen molar-refractivity contribution in [2.45, 2.75) is 59.2 Å². The van der Waals surface area contributed by atoms with Crippen LogP contribution in [0.3, 0.4) is 0 Å². The number of benzene rings is 3. The summed E-state index contributed by atoms with van der Waals surface area (Å²) in [6, 6.07) is 17.5. The molecule has 0 aliphatic carbocycles. The molecule has 1 atom stereocenters. The second-order valence-electron chi connectivity index (χ2n) is 10.5. The maximum atomic E-state index is 14.5. The number of methoxy groups -OCH3 is 2. The molecule has 0 radical (unpaired) electrons. The number of amides is 2. The zero-order valence-corrected chi connectivity index (χ0v) is 24.2. The van der Waals surface area contributed by atoms with Gasteiger partial charge in [0.1, 0.15) is 18.1 Å². The van der Waals surface area contributed by atoms with Crippen LogP contribution in [0.2, 0.25) is 0 Å². The average Bonchev–Trinajstić information content (AvgIpc) is 3.34. The molecular formula is C31H37N5O4. The third-order valence-corrected chi connectivity index (χ3v) is 7.23. The Balaban J connectivity index is 1.95. The van der Waals surface area contributed by atoms with E-state index in [4.69, 9.17) is 9.47 Å². The minimum absolute atomic E-state index is 0.123. The van der Waals surface area contributed by atoms with E-state index in [2.05, 4.69) is 15.6 Å². The van der Waals surface area contributed by atoms with Crippen molar-refractivity contribution in [3.63, 3.8) is 0 Å². The quantitative estimate of drug-likeness (QED) is 0.297. The molecule has 40 heavy (non-hydrogen) atoms. The molecule has 0 bridgehead atoms. The Hall–Kier alpha value is -4.40. The van der Waals surface area contributed by atoms with Gasteiger partial charge >= 0.3 is 0 Å². The van der Waals surface area contributed by atoms with Crippen LogP contribution in [-0.2, 0) is 16.1 Å². The number of aryl methyl sites for hydroxylation is 2. The van der Waals surface area contributed by atoms with E-state index in [1.807, 2.05) is 77.1 Å². The fraction of sp³-hybridized carbons (Fsp3) is 0.355. The maximum Gasteiger partial charge on any atom is 0.249 e. The molecule has 0 unspecified atom stereocenters. The Kier molecular flexibility index (Phi) is 8.42. The number of rotatable bonds is 10. The number of nitrogens with zero attached hydrogens (tertiary/aromatic N) is 4. The Labute approximate surface area is 235 Å². The van der Waals surface area contributed by atoms with Crippen molar-refractivity contribution in [2.75, 3.05) is 19.1 Å². The molecule has 0 saturated carbocycles. The van der Waals surface area contributed by atoms with Gasteiger partial charge in [0, 0.05) is 11.1 Å². The highest BCUT2D eigenvalue weighted by Gasteiger charge is 2.38. The number of hydrogen-bond donors (Lipinski definition) is 1. The van der Waals surface area contributed by atoms with Gasteiger partial charge in [0.15, 0.2) is 11.5 Å². The lowest BCUT2D eigenvalue weighted by atomic mass is 9.96. The van der Waals surface area contributed by atoms with Crippen LogP contribution in [0.15, 0.2) is 60.7 Å². The van der Waals surface area contributed by atoms with Crippen molar-refractivity contribution < 1.29 is 19.1 Å². The van der Waals surface area contributed by atoms with Crippen molar-refractivity contribution in [1.29, 1.82) is 0 Å². The Morgan fingerprint density at radius 3 is 2.30 bits per heavy atom. The largest absolute Gasteiger partial charge is 0.493 e. The molecule has 9 nitrogen and oxygen atoms in total. The molecule has 0 fully saturated rings. The predicted molar refractivity (Wildman–Crippen MR) is 156 cm³/mol. The Morgan fingerprint density at radius 1 is 0.975 bits per heavy atom. The van der Waals surface area contributed by atoms with Crippen LogP contribution >= 0.6 is 0 Å². The normalized spacial score (nSPS) is 12.2. The number of anilines is 1. The van der Waals surface area contributed by atoms with E-state index in [9.17, 15) is 9.59 Å². The zero-order valence-electron chi connectivity index (χ0n) is 24.2. The number of aromatic nitrogens is 3. The lowest BCUT2D eigenvalue weighted by Gasteiger charge is -2.36. The van der Waals surface area contributed by atoms with Crippen LogP contribution in [0, 0.1) is 13.8 Å². The van der Waals surface area contributed by atoms with E-state index in [-0.39, 0.29) is 18.4 Å². The second-order valence-corrected chi connectivity index (χ2v) is 10.5. The van der Waals surface area contributed by atoms with Gasteiger partial charge < -0.3 is 14.8 Å². The molecule has 1 aromatic heterocycles. The number of carbonyl (C=O) groups excluding carboxylic acids is 2. The molecule has 0 aliphatic rings. The topological polar surface area (TPSA) is 98.6 Å². The van der Waals surface area contributed by atoms with Crippen LogP contribution in [0.4, 0.5) is 5.69 Å². The van der Waals surface area contributed by atoms with Crippen molar-refractivity contribution in [3.05, 3.63) is 77.4 Å². The SMILES string of the molecule is CCC(C)(C)NC(=O)[C@H](c1cccc(OC)c1OC)N(C(=O)Cn1nnc2ccccc21)c1c(C)cccc1C. The van der Waals surface area contributed by atoms with Crippen molar-refractivity contribution >= 4 is 28.5 Å². The monoisotopic (exact) mass is 543 g/mol. The molecule has 210 valence electrons. The van der Waals surface area contributed by atoms with Crippen LogP contribution < -0.4 is 19.7 Å². The smallest absolute Gasteiger partial charge is 0.249 e. The van der Waals surface area contributed by atoms with Gasteiger partial charge in [0.25, 0.3) is 0 Å². The van der Waals surface area contributed by atoms with Gasteiger partial charge in [-0.1, -0.05) is 54.6 Å². The van der Waals surface area contributed by atoms with Gasteiger partial charge in [0.2, 0.25) is 11.8 Å². The van der Waals surface area contributed by atoms with Gasteiger partial charge in [-0.2, -0.15) is 0 Å². The van der Waals surface area contributed by atoms with Gasteiger partial charge in [-0.25, -0.2) is 4.68 Å². The zero-order chi connectivity index (χ0) is 29.0. The molecule has 0 saturated heterocycles. The fourth-order valence-corrected chi connectivity index (χ4v) is 4.84. The van der Waals surface area contributed by atoms with Crippen LogP contribution in [-0.4, -0.2) is 46.6 Å². The van der Waals surface area contributed by atoms with E-state index in [1.54, 1.807) is 34.9 Å². The molecule has 2 amide bonds. The van der Waals surface area contributed by atoms with Crippen molar-refractivity contribution in [3.8, 4) is 11.5 Å². The van der Waals surface area contributed by atoms with Crippen LogP contribution in [0.5, 0.6) is 11.5 Å². The van der Waals surface area contributed by atoms with Crippen molar-refractivity contribution in [2.24, 2.45) is 0 Å². The lowest BCUT2D eigenvalue weighted by Crippen LogP contribution is -2.51.